The highest BCUT2D eigenvalue weighted by molar-refractivity contribution is 8.14. The van der Waals surface area contributed by atoms with Gasteiger partial charge < -0.3 is 15.0 Å². The topological polar surface area (TPSA) is 84.6 Å². The van der Waals surface area contributed by atoms with Gasteiger partial charge in [-0.3, -0.25) is 0 Å². The van der Waals surface area contributed by atoms with Crippen LogP contribution >= 0.6 is 11.8 Å². The van der Waals surface area contributed by atoms with Crippen molar-refractivity contribution in [2.24, 2.45) is 4.99 Å². The summed E-state index contributed by atoms with van der Waals surface area (Å²) in [6.07, 6.45) is -7.06. The van der Waals surface area contributed by atoms with Gasteiger partial charge in [-0.05, 0) is 53.8 Å². The number of hydrogen-bond acceptors (Lipinski definition) is 5. The van der Waals surface area contributed by atoms with Gasteiger partial charge >= 0.3 is 12.4 Å². The summed E-state index contributed by atoms with van der Waals surface area (Å²) < 4.78 is 72.4. The van der Waals surface area contributed by atoms with E-state index in [0.29, 0.717) is 23.0 Å². The summed E-state index contributed by atoms with van der Waals surface area (Å²) in [5, 5.41) is 6.74. The maximum absolute atomic E-state index is 15.1. The molecule has 0 saturated carbocycles. The summed E-state index contributed by atoms with van der Waals surface area (Å²) in [5.74, 6) is 0.869. The van der Waals surface area contributed by atoms with E-state index >= 15 is 4.39 Å². The van der Waals surface area contributed by atoms with E-state index in [9.17, 15) is 22.4 Å². The van der Waals surface area contributed by atoms with Gasteiger partial charge in [0.25, 0.3) is 0 Å². The quantitative estimate of drug-likeness (QED) is 0.155. The number of anilines is 1. The lowest BCUT2D eigenvalue weighted by Gasteiger charge is -2.32. The molecule has 8 nitrogen and oxygen atoms in total. The monoisotopic (exact) mass is 644 g/mol. The molecule has 0 spiro atoms. The van der Waals surface area contributed by atoms with E-state index in [4.69, 9.17) is 0 Å². The van der Waals surface area contributed by atoms with Gasteiger partial charge in [0.1, 0.15) is 12.1 Å². The Labute approximate surface area is 260 Å². The number of carbonyl (C=O) groups excluding carboxylic acids is 1. The number of amides is 2. The van der Waals surface area contributed by atoms with Crippen LogP contribution in [-0.2, 0) is 0 Å². The Hall–Kier alpha value is -4.46. The van der Waals surface area contributed by atoms with E-state index in [1.54, 1.807) is 0 Å². The van der Waals surface area contributed by atoms with Crippen molar-refractivity contribution in [2.75, 3.05) is 17.2 Å². The number of nitrogens with one attached hydrogen (secondary N) is 1. The molecule has 3 aromatic carbocycles. The molecule has 2 heterocycles. The predicted octanol–water partition coefficient (Wildman–Crippen LogP) is 7.97. The number of rotatable bonds is 8. The van der Waals surface area contributed by atoms with Gasteiger partial charge in [0, 0.05) is 23.5 Å². The molecule has 14 heteroatoms. The third-order valence-electron chi connectivity index (χ3n) is 6.87. The molecule has 1 N–H and O–H groups in total. The number of amidine groups is 1. The second-order valence-corrected chi connectivity index (χ2v) is 11.5. The molecule has 236 valence electrons. The van der Waals surface area contributed by atoms with Crippen LogP contribution in [0.15, 0.2) is 84.1 Å². The second-order valence-electron chi connectivity index (χ2n) is 10.4. The number of urea groups is 1. The number of ether oxygens (including phenoxy) is 1. The first-order chi connectivity index (χ1) is 21.5. The van der Waals surface area contributed by atoms with Crippen LogP contribution in [0.3, 0.4) is 0 Å². The third kappa shape index (κ3) is 7.98. The predicted molar refractivity (Wildman–Crippen MR) is 163 cm³/mol. The third-order valence-corrected chi connectivity index (χ3v) is 7.93. The van der Waals surface area contributed by atoms with Crippen molar-refractivity contribution in [3.63, 3.8) is 0 Å². The van der Waals surface area contributed by atoms with Crippen LogP contribution in [0.5, 0.6) is 5.75 Å². The van der Waals surface area contributed by atoms with Crippen molar-refractivity contribution in [1.82, 2.24) is 20.1 Å². The zero-order chi connectivity index (χ0) is 32.1. The average Bonchev–Trinajstić information content (AvgIpc) is 3.51. The number of para-hydroxylation sites is 1. The standard InChI is InChI=1S/C31H29F5N6O2S/c1-19(2)24-6-3-4-7-25(24)41-16-5-17-45-30(41)39-29(43)38-27(33)26(32)20-8-10-21(11-9-20)28-37-18-42(40-28)22-12-14-23(15-13-22)44-31(34,35)36/h3-4,6-15,18-19,26-27H,5,16-17H2,1-2H3,(H,38,43)/b39-30-. The van der Waals surface area contributed by atoms with Gasteiger partial charge in [0.05, 0.1) is 5.69 Å². The summed E-state index contributed by atoms with van der Waals surface area (Å²) in [7, 11) is 0. The number of thioether (sulfide) groups is 1. The number of hydrogen-bond donors (Lipinski definition) is 1. The first-order valence-electron chi connectivity index (χ1n) is 14.0. The van der Waals surface area contributed by atoms with Crippen LogP contribution in [0.25, 0.3) is 17.1 Å². The zero-order valence-electron chi connectivity index (χ0n) is 24.2. The Morgan fingerprint density at radius 3 is 2.42 bits per heavy atom. The lowest BCUT2D eigenvalue weighted by Crippen LogP contribution is -2.38. The van der Waals surface area contributed by atoms with E-state index in [1.807, 2.05) is 34.5 Å². The second kappa shape index (κ2) is 13.7. The number of alkyl halides is 5. The normalized spacial score (nSPS) is 16.1. The summed E-state index contributed by atoms with van der Waals surface area (Å²) in [5.41, 5.74) is 2.93. The molecule has 5 rings (SSSR count). The Morgan fingerprint density at radius 2 is 1.73 bits per heavy atom. The number of nitrogens with zero attached hydrogens (tertiary/aromatic N) is 5. The molecule has 1 aliphatic heterocycles. The van der Waals surface area contributed by atoms with E-state index in [1.165, 1.54) is 59.2 Å². The highest BCUT2D eigenvalue weighted by Crippen LogP contribution is 2.32. The molecule has 4 aromatic rings. The van der Waals surface area contributed by atoms with Crippen LogP contribution in [-0.4, -0.2) is 50.9 Å². The minimum Gasteiger partial charge on any atom is -0.406 e. The number of benzene rings is 3. The Morgan fingerprint density at radius 1 is 1.02 bits per heavy atom. The van der Waals surface area contributed by atoms with Crippen molar-refractivity contribution in [3.8, 4) is 22.8 Å². The molecule has 2 atom stereocenters. The molecular weight excluding hydrogens is 615 g/mol. The van der Waals surface area contributed by atoms with E-state index in [2.05, 4.69) is 33.7 Å². The summed E-state index contributed by atoms with van der Waals surface area (Å²) in [6.45, 7) is 4.80. The van der Waals surface area contributed by atoms with E-state index in [-0.39, 0.29) is 23.1 Å². The van der Waals surface area contributed by atoms with Crippen molar-refractivity contribution in [3.05, 3.63) is 90.3 Å². The Bertz CT molecular complexity index is 1640. The molecule has 1 saturated heterocycles. The minimum absolute atomic E-state index is 0.0154. The lowest BCUT2D eigenvalue weighted by molar-refractivity contribution is -0.274. The Kier molecular flexibility index (Phi) is 9.71. The molecular formula is C31H29F5N6O2S. The maximum atomic E-state index is 15.1. The first kappa shape index (κ1) is 31.9. The van der Waals surface area contributed by atoms with Crippen molar-refractivity contribution < 1.29 is 31.5 Å². The number of aliphatic imine (C=N–C) groups is 1. The van der Waals surface area contributed by atoms with Gasteiger partial charge in [-0.2, -0.15) is 4.99 Å². The fourth-order valence-electron chi connectivity index (χ4n) is 4.71. The van der Waals surface area contributed by atoms with Crippen LogP contribution in [0, 0.1) is 0 Å². The average molecular weight is 645 g/mol. The highest BCUT2D eigenvalue weighted by Gasteiger charge is 2.31. The molecule has 2 unspecified atom stereocenters. The summed E-state index contributed by atoms with van der Waals surface area (Å²) >= 11 is 1.39. The van der Waals surface area contributed by atoms with Gasteiger partial charge in [-0.15, -0.1) is 18.3 Å². The first-order valence-corrected chi connectivity index (χ1v) is 15.0. The number of halogens is 5. The molecule has 1 fully saturated rings. The molecule has 1 aromatic heterocycles. The highest BCUT2D eigenvalue weighted by atomic mass is 32.2. The van der Waals surface area contributed by atoms with E-state index in [0.717, 1.165) is 35.6 Å². The molecule has 0 aliphatic carbocycles. The van der Waals surface area contributed by atoms with E-state index < -0.39 is 24.9 Å². The molecule has 0 radical (unpaired) electrons. The lowest BCUT2D eigenvalue weighted by atomic mass is 10.0. The van der Waals surface area contributed by atoms with Crippen molar-refractivity contribution in [1.29, 1.82) is 0 Å². The largest absolute Gasteiger partial charge is 0.573 e. The smallest absolute Gasteiger partial charge is 0.406 e. The van der Waals surface area contributed by atoms with Gasteiger partial charge in [-0.1, -0.05) is 68.1 Å². The van der Waals surface area contributed by atoms with Crippen LogP contribution < -0.4 is 15.0 Å². The fourth-order valence-corrected chi connectivity index (χ4v) is 5.66. The number of carbonyl (C=O) groups is 1. The zero-order valence-corrected chi connectivity index (χ0v) is 25.0. The molecule has 0 bridgehead atoms. The molecule has 45 heavy (non-hydrogen) atoms. The Balaban J connectivity index is 1.22. The van der Waals surface area contributed by atoms with Gasteiger partial charge in [-0.25, -0.2) is 23.2 Å². The van der Waals surface area contributed by atoms with Crippen LogP contribution in [0.4, 0.5) is 32.4 Å². The molecule has 2 amide bonds. The van der Waals surface area contributed by atoms with Crippen molar-refractivity contribution >= 4 is 28.6 Å². The SMILES string of the molecule is CC(C)c1ccccc1N1CCCS/C1=N\C(=O)NC(F)C(F)c1ccc(-c2ncn(-c3ccc(OC(F)(F)F)cc3)n2)cc1. The van der Waals surface area contributed by atoms with Crippen molar-refractivity contribution in [2.45, 2.75) is 45.0 Å². The summed E-state index contributed by atoms with van der Waals surface area (Å²) in [4.78, 5) is 22.9. The summed E-state index contributed by atoms with van der Waals surface area (Å²) in [6, 6.07) is 17.6. The van der Waals surface area contributed by atoms with Gasteiger partial charge in [0.15, 0.2) is 17.2 Å². The van der Waals surface area contributed by atoms with Gasteiger partial charge in [0.2, 0.25) is 6.30 Å². The van der Waals surface area contributed by atoms with Crippen LogP contribution in [0.1, 0.15) is 43.5 Å². The fraction of sp³-hybridized carbons (Fsp3) is 0.290. The number of aromatic nitrogens is 3. The maximum Gasteiger partial charge on any atom is 0.573 e. The van der Waals surface area contributed by atoms with Crippen LogP contribution in [0.2, 0.25) is 0 Å². The molecule has 1 aliphatic rings. The minimum atomic E-state index is -4.80.